The standard InChI is InChI=1S/C18H29NOS/c1-3-4-13-20-17-9-7-16(8-10-17)14-19-15-18(21-2)11-5-6-12-18/h7-10,19H,3-6,11-15H2,1-2H3. The van der Waals surface area contributed by atoms with Gasteiger partial charge in [-0.15, -0.1) is 0 Å². The Labute approximate surface area is 134 Å². The zero-order chi connectivity index (χ0) is 15.0. The molecule has 0 saturated heterocycles. The molecule has 0 radical (unpaired) electrons. The third-order valence-electron chi connectivity index (χ3n) is 4.41. The van der Waals surface area contributed by atoms with Gasteiger partial charge in [-0.25, -0.2) is 0 Å². The van der Waals surface area contributed by atoms with Gasteiger partial charge < -0.3 is 10.1 Å². The average Bonchev–Trinajstić information content (AvgIpc) is 2.99. The molecule has 21 heavy (non-hydrogen) atoms. The molecule has 2 rings (SSSR count). The largest absolute Gasteiger partial charge is 0.494 e. The van der Waals surface area contributed by atoms with Crippen molar-refractivity contribution in [1.29, 1.82) is 0 Å². The first kappa shape index (κ1) is 16.7. The molecule has 1 aromatic carbocycles. The van der Waals surface area contributed by atoms with Crippen LogP contribution in [0.25, 0.3) is 0 Å². The molecule has 1 aliphatic rings. The fourth-order valence-corrected chi connectivity index (χ4v) is 3.89. The molecule has 0 bridgehead atoms. The fourth-order valence-electron chi connectivity index (χ4n) is 2.94. The number of thioether (sulfide) groups is 1. The van der Waals surface area contributed by atoms with Gasteiger partial charge >= 0.3 is 0 Å². The summed E-state index contributed by atoms with van der Waals surface area (Å²) in [6, 6.07) is 8.53. The summed E-state index contributed by atoms with van der Waals surface area (Å²) < 4.78 is 6.19. The van der Waals surface area contributed by atoms with Crippen molar-refractivity contribution in [1.82, 2.24) is 5.32 Å². The number of hydrogen-bond donors (Lipinski definition) is 1. The first-order chi connectivity index (χ1) is 10.3. The van der Waals surface area contributed by atoms with Gasteiger partial charge in [-0.2, -0.15) is 11.8 Å². The van der Waals surface area contributed by atoms with Crippen LogP contribution in [-0.4, -0.2) is 24.2 Å². The summed E-state index contributed by atoms with van der Waals surface area (Å²) in [5, 5.41) is 3.65. The molecule has 2 nitrogen and oxygen atoms in total. The van der Waals surface area contributed by atoms with Gasteiger partial charge in [0, 0.05) is 17.8 Å². The Kier molecular flexibility index (Phi) is 6.91. The number of rotatable bonds is 9. The first-order valence-electron chi connectivity index (χ1n) is 8.25. The van der Waals surface area contributed by atoms with Crippen LogP contribution in [-0.2, 0) is 6.54 Å². The second-order valence-corrected chi connectivity index (χ2v) is 7.32. The Morgan fingerprint density at radius 2 is 1.90 bits per heavy atom. The predicted octanol–water partition coefficient (Wildman–Crippen LogP) is 4.63. The molecule has 1 aromatic rings. The van der Waals surface area contributed by atoms with Crippen molar-refractivity contribution in [2.45, 2.75) is 56.7 Å². The van der Waals surface area contributed by atoms with Gasteiger partial charge in [0.25, 0.3) is 0 Å². The number of benzene rings is 1. The summed E-state index contributed by atoms with van der Waals surface area (Å²) in [7, 11) is 0. The Morgan fingerprint density at radius 1 is 1.19 bits per heavy atom. The molecule has 3 heteroatoms. The van der Waals surface area contributed by atoms with Crippen molar-refractivity contribution in [3.63, 3.8) is 0 Å². The highest BCUT2D eigenvalue weighted by molar-refractivity contribution is 8.00. The third-order valence-corrected chi connectivity index (χ3v) is 5.83. The molecule has 1 N–H and O–H groups in total. The predicted molar refractivity (Wildman–Crippen MR) is 93.3 cm³/mol. The number of unbranched alkanes of at least 4 members (excludes halogenated alkanes) is 1. The normalized spacial score (nSPS) is 17.0. The average molecular weight is 308 g/mol. The van der Waals surface area contributed by atoms with Gasteiger partial charge in [-0.3, -0.25) is 0 Å². The van der Waals surface area contributed by atoms with E-state index in [0.717, 1.165) is 31.9 Å². The van der Waals surface area contributed by atoms with Gasteiger partial charge in [0.1, 0.15) is 5.75 Å². The van der Waals surface area contributed by atoms with Crippen LogP contribution in [0.1, 0.15) is 51.0 Å². The summed E-state index contributed by atoms with van der Waals surface area (Å²) in [5.41, 5.74) is 1.34. The second-order valence-electron chi connectivity index (χ2n) is 6.04. The van der Waals surface area contributed by atoms with Crippen molar-refractivity contribution in [3.05, 3.63) is 29.8 Å². The van der Waals surface area contributed by atoms with E-state index in [1.165, 1.54) is 37.7 Å². The molecule has 0 spiro atoms. The molecular weight excluding hydrogens is 278 g/mol. The number of ether oxygens (including phenoxy) is 1. The molecule has 0 unspecified atom stereocenters. The minimum atomic E-state index is 0.489. The summed E-state index contributed by atoms with van der Waals surface area (Å²) >= 11 is 2.05. The molecule has 0 aliphatic heterocycles. The summed E-state index contributed by atoms with van der Waals surface area (Å²) in [5.74, 6) is 0.989. The van der Waals surface area contributed by atoms with E-state index in [0.29, 0.717) is 4.75 Å². The van der Waals surface area contributed by atoms with E-state index in [4.69, 9.17) is 4.74 Å². The van der Waals surface area contributed by atoms with E-state index in [-0.39, 0.29) is 0 Å². The Morgan fingerprint density at radius 3 is 2.52 bits per heavy atom. The van der Waals surface area contributed by atoms with Gasteiger partial charge in [0.15, 0.2) is 0 Å². The van der Waals surface area contributed by atoms with E-state index < -0.39 is 0 Å². The molecule has 1 aliphatic carbocycles. The van der Waals surface area contributed by atoms with Crippen LogP contribution in [0.3, 0.4) is 0 Å². The first-order valence-corrected chi connectivity index (χ1v) is 9.48. The third kappa shape index (κ3) is 5.23. The van der Waals surface area contributed by atoms with E-state index in [2.05, 4.69) is 42.8 Å². The monoisotopic (exact) mass is 307 g/mol. The van der Waals surface area contributed by atoms with Crippen molar-refractivity contribution in [2.75, 3.05) is 19.4 Å². The van der Waals surface area contributed by atoms with Crippen LogP contribution in [0.4, 0.5) is 0 Å². The van der Waals surface area contributed by atoms with Gasteiger partial charge in [-0.05, 0) is 43.2 Å². The summed E-state index contributed by atoms with van der Waals surface area (Å²) in [6.07, 6.45) is 10.1. The lowest BCUT2D eigenvalue weighted by molar-refractivity contribution is 0.309. The topological polar surface area (TPSA) is 21.3 Å². The highest BCUT2D eigenvalue weighted by Crippen LogP contribution is 2.39. The van der Waals surface area contributed by atoms with Crippen LogP contribution in [0.15, 0.2) is 24.3 Å². The molecule has 118 valence electrons. The Hall–Kier alpha value is -0.670. The van der Waals surface area contributed by atoms with Crippen LogP contribution in [0, 0.1) is 0 Å². The minimum absolute atomic E-state index is 0.489. The van der Waals surface area contributed by atoms with Crippen LogP contribution in [0.2, 0.25) is 0 Å². The SMILES string of the molecule is CCCCOc1ccc(CNCC2(SC)CCCC2)cc1. The second kappa shape index (κ2) is 8.70. The maximum absolute atomic E-state index is 5.70. The summed E-state index contributed by atoms with van der Waals surface area (Å²) in [4.78, 5) is 0. The smallest absolute Gasteiger partial charge is 0.119 e. The Balaban J connectivity index is 1.73. The number of nitrogens with one attached hydrogen (secondary N) is 1. The maximum Gasteiger partial charge on any atom is 0.119 e. The van der Waals surface area contributed by atoms with Gasteiger partial charge in [0.05, 0.1) is 6.61 Å². The van der Waals surface area contributed by atoms with Crippen molar-refractivity contribution >= 4 is 11.8 Å². The highest BCUT2D eigenvalue weighted by Gasteiger charge is 2.32. The zero-order valence-corrected chi connectivity index (χ0v) is 14.3. The van der Waals surface area contributed by atoms with E-state index >= 15 is 0 Å². The van der Waals surface area contributed by atoms with Crippen LogP contribution in [0.5, 0.6) is 5.75 Å². The maximum atomic E-state index is 5.70. The lowest BCUT2D eigenvalue weighted by Gasteiger charge is -2.27. The molecule has 0 atom stereocenters. The molecule has 0 aromatic heterocycles. The highest BCUT2D eigenvalue weighted by atomic mass is 32.2. The molecule has 0 heterocycles. The minimum Gasteiger partial charge on any atom is -0.494 e. The van der Waals surface area contributed by atoms with Gasteiger partial charge in [-0.1, -0.05) is 38.3 Å². The fraction of sp³-hybridized carbons (Fsp3) is 0.667. The van der Waals surface area contributed by atoms with Gasteiger partial charge in [0.2, 0.25) is 0 Å². The molecule has 1 saturated carbocycles. The summed E-state index contributed by atoms with van der Waals surface area (Å²) in [6.45, 7) is 5.09. The van der Waals surface area contributed by atoms with Crippen molar-refractivity contribution < 1.29 is 4.74 Å². The van der Waals surface area contributed by atoms with Crippen molar-refractivity contribution in [2.24, 2.45) is 0 Å². The lowest BCUT2D eigenvalue weighted by atomic mass is 10.1. The van der Waals surface area contributed by atoms with Crippen LogP contribution >= 0.6 is 11.8 Å². The van der Waals surface area contributed by atoms with Crippen molar-refractivity contribution in [3.8, 4) is 5.75 Å². The molecular formula is C18H29NOS. The lowest BCUT2D eigenvalue weighted by Crippen LogP contribution is -2.34. The quantitative estimate of drug-likeness (QED) is 0.672. The van der Waals surface area contributed by atoms with Crippen LogP contribution < -0.4 is 10.1 Å². The Bertz CT molecular complexity index is 398. The van der Waals surface area contributed by atoms with E-state index in [9.17, 15) is 0 Å². The molecule has 1 fully saturated rings. The molecule has 0 amide bonds. The number of hydrogen-bond acceptors (Lipinski definition) is 3. The zero-order valence-electron chi connectivity index (χ0n) is 13.5. The van der Waals surface area contributed by atoms with E-state index in [1.807, 2.05) is 11.8 Å². The van der Waals surface area contributed by atoms with E-state index in [1.54, 1.807) is 0 Å².